The van der Waals surface area contributed by atoms with Crippen molar-refractivity contribution in [1.29, 1.82) is 5.26 Å². The van der Waals surface area contributed by atoms with Crippen molar-refractivity contribution in [2.75, 3.05) is 13.1 Å². The number of hydrogen-bond donors (Lipinski definition) is 1. The van der Waals surface area contributed by atoms with Crippen molar-refractivity contribution in [3.05, 3.63) is 29.8 Å². The third kappa shape index (κ3) is 2.98. The van der Waals surface area contributed by atoms with Crippen LogP contribution in [0.15, 0.2) is 29.2 Å². The molecule has 0 spiro atoms. The summed E-state index contributed by atoms with van der Waals surface area (Å²) in [5, 5.41) is 8.96. The summed E-state index contributed by atoms with van der Waals surface area (Å²) in [6.45, 7) is 2.37. The molecule has 1 aliphatic heterocycles. The molecule has 1 heterocycles. The molecule has 1 unspecified atom stereocenters. The Balaban J connectivity index is 2.17. The minimum Gasteiger partial charge on any atom is -0.341 e. The van der Waals surface area contributed by atoms with Crippen molar-refractivity contribution >= 4 is 15.9 Å². The van der Waals surface area contributed by atoms with E-state index in [2.05, 4.69) is 4.72 Å². The Bertz CT molecular complexity index is 664. The summed E-state index contributed by atoms with van der Waals surface area (Å²) in [4.78, 5) is 12.8. The van der Waals surface area contributed by atoms with E-state index in [1.54, 1.807) is 17.0 Å². The number of likely N-dealkylation sites (tertiary alicyclic amines) is 1. The van der Waals surface area contributed by atoms with Gasteiger partial charge in [0.15, 0.2) is 0 Å². The third-order valence-electron chi connectivity index (χ3n) is 3.25. The van der Waals surface area contributed by atoms with Crippen molar-refractivity contribution in [2.45, 2.75) is 24.3 Å². The van der Waals surface area contributed by atoms with E-state index in [1.807, 2.05) is 6.07 Å². The number of sulfonamides is 1. The number of nitrogens with zero attached hydrogens (tertiary/aromatic N) is 2. The molecule has 7 heteroatoms. The maximum atomic E-state index is 12.3. The fourth-order valence-corrected chi connectivity index (χ4v) is 3.64. The van der Waals surface area contributed by atoms with Crippen LogP contribution in [0.3, 0.4) is 0 Å². The van der Waals surface area contributed by atoms with Gasteiger partial charge < -0.3 is 4.90 Å². The van der Waals surface area contributed by atoms with E-state index in [0.717, 1.165) is 0 Å². The first-order valence-electron chi connectivity index (χ1n) is 6.21. The number of amides is 1. The third-order valence-corrected chi connectivity index (χ3v) is 4.83. The number of benzene rings is 1. The molecule has 2 rings (SSSR count). The summed E-state index contributed by atoms with van der Waals surface area (Å²) in [6, 6.07) is 7.62. The van der Waals surface area contributed by atoms with Gasteiger partial charge in [-0.25, -0.2) is 13.1 Å². The van der Waals surface area contributed by atoms with Gasteiger partial charge in [0.05, 0.1) is 10.5 Å². The molecular weight excluding hydrogens is 278 g/mol. The van der Waals surface area contributed by atoms with Gasteiger partial charge in [-0.15, -0.1) is 0 Å². The van der Waals surface area contributed by atoms with Crippen LogP contribution in [0.25, 0.3) is 0 Å². The van der Waals surface area contributed by atoms with E-state index in [4.69, 9.17) is 5.26 Å². The largest absolute Gasteiger partial charge is 0.341 e. The molecule has 1 N–H and O–H groups in total. The molecule has 1 fully saturated rings. The van der Waals surface area contributed by atoms with Gasteiger partial charge >= 0.3 is 0 Å². The lowest BCUT2D eigenvalue weighted by atomic mass is 10.2. The molecule has 20 heavy (non-hydrogen) atoms. The molecule has 0 bridgehead atoms. The number of hydrogen-bond acceptors (Lipinski definition) is 4. The van der Waals surface area contributed by atoms with Crippen LogP contribution >= 0.6 is 0 Å². The molecule has 106 valence electrons. The first kappa shape index (κ1) is 14.5. The molecular formula is C13H15N3O3S. The van der Waals surface area contributed by atoms with E-state index >= 15 is 0 Å². The minimum absolute atomic E-state index is 0.0243. The van der Waals surface area contributed by atoms with Crippen LogP contribution in [0.4, 0.5) is 0 Å². The predicted octanol–water partition coefficient (Wildman–Crippen LogP) is 0.457. The normalized spacial score (nSPS) is 18.8. The average Bonchev–Trinajstić information content (AvgIpc) is 2.86. The SMILES string of the molecule is CC(=O)N1CCC(NS(=O)(=O)c2ccccc2C#N)C1. The molecule has 0 aromatic heterocycles. The Morgan fingerprint density at radius 3 is 2.75 bits per heavy atom. The lowest BCUT2D eigenvalue weighted by molar-refractivity contribution is -0.127. The Kier molecular flexibility index (Phi) is 4.06. The Morgan fingerprint density at radius 2 is 2.15 bits per heavy atom. The van der Waals surface area contributed by atoms with Crippen LogP contribution in [-0.4, -0.2) is 38.4 Å². The average molecular weight is 293 g/mol. The fraction of sp³-hybridized carbons (Fsp3) is 0.385. The van der Waals surface area contributed by atoms with Gasteiger partial charge in [0, 0.05) is 26.1 Å². The zero-order valence-electron chi connectivity index (χ0n) is 11.0. The van der Waals surface area contributed by atoms with Crippen molar-refractivity contribution in [2.24, 2.45) is 0 Å². The van der Waals surface area contributed by atoms with Gasteiger partial charge in [-0.3, -0.25) is 4.79 Å². The summed E-state index contributed by atoms with van der Waals surface area (Å²) in [5.74, 6) is -0.0656. The monoisotopic (exact) mass is 293 g/mol. The Morgan fingerprint density at radius 1 is 1.45 bits per heavy atom. The Labute approximate surface area is 118 Å². The molecule has 6 nitrogen and oxygen atoms in total. The lowest BCUT2D eigenvalue weighted by Gasteiger charge is -2.15. The van der Waals surface area contributed by atoms with E-state index in [1.165, 1.54) is 19.1 Å². The summed E-state index contributed by atoms with van der Waals surface area (Å²) < 4.78 is 27.1. The Hall–Kier alpha value is -1.91. The van der Waals surface area contributed by atoms with Crippen LogP contribution in [0.2, 0.25) is 0 Å². The van der Waals surface area contributed by atoms with Crippen molar-refractivity contribution in [3.63, 3.8) is 0 Å². The molecule has 1 saturated heterocycles. The van der Waals surface area contributed by atoms with Gasteiger partial charge in [0.2, 0.25) is 15.9 Å². The molecule has 0 aliphatic carbocycles. The zero-order chi connectivity index (χ0) is 14.8. The maximum Gasteiger partial charge on any atom is 0.242 e. The predicted molar refractivity (Wildman–Crippen MR) is 72.1 cm³/mol. The number of nitriles is 1. The molecule has 1 amide bonds. The fourth-order valence-electron chi connectivity index (χ4n) is 2.22. The number of nitrogens with one attached hydrogen (secondary N) is 1. The zero-order valence-corrected chi connectivity index (χ0v) is 11.9. The van der Waals surface area contributed by atoms with Crippen molar-refractivity contribution in [3.8, 4) is 6.07 Å². The van der Waals surface area contributed by atoms with E-state index in [-0.39, 0.29) is 22.4 Å². The second-order valence-electron chi connectivity index (χ2n) is 4.68. The highest BCUT2D eigenvalue weighted by atomic mass is 32.2. The van der Waals surface area contributed by atoms with Crippen molar-refractivity contribution < 1.29 is 13.2 Å². The second-order valence-corrected chi connectivity index (χ2v) is 6.36. The van der Waals surface area contributed by atoms with E-state index in [0.29, 0.717) is 19.5 Å². The smallest absolute Gasteiger partial charge is 0.242 e. The summed E-state index contributed by atoms with van der Waals surface area (Å²) in [5.41, 5.74) is 0.112. The van der Waals surface area contributed by atoms with Gasteiger partial charge in [0.1, 0.15) is 6.07 Å². The van der Waals surface area contributed by atoms with Gasteiger partial charge in [-0.05, 0) is 18.6 Å². The molecule has 1 atom stereocenters. The first-order valence-corrected chi connectivity index (χ1v) is 7.69. The van der Waals surface area contributed by atoms with Gasteiger partial charge in [-0.1, -0.05) is 12.1 Å². The lowest BCUT2D eigenvalue weighted by Crippen LogP contribution is -2.38. The van der Waals surface area contributed by atoms with Crippen molar-refractivity contribution in [1.82, 2.24) is 9.62 Å². The highest BCUT2D eigenvalue weighted by Gasteiger charge is 2.29. The first-order chi connectivity index (χ1) is 9.44. The van der Waals surface area contributed by atoms with Gasteiger partial charge in [0.25, 0.3) is 0 Å². The topological polar surface area (TPSA) is 90.3 Å². The number of carbonyl (C=O) groups is 1. The van der Waals surface area contributed by atoms with E-state index in [9.17, 15) is 13.2 Å². The number of rotatable bonds is 3. The molecule has 0 saturated carbocycles. The summed E-state index contributed by atoms with van der Waals surface area (Å²) >= 11 is 0. The molecule has 0 radical (unpaired) electrons. The molecule has 1 aliphatic rings. The van der Waals surface area contributed by atoms with E-state index < -0.39 is 10.0 Å². The minimum atomic E-state index is -3.75. The highest BCUT2D eigenvalue weighted by Crippen LogP contribution is 2.17. The van der Waals surface area contributed by atoms with Crippen LogP contribution in [0.1, 0.15) is 18.9 Å². The van der Waals surface area contributed by atoms with Crippen LogP contribution < -0.4 is 4.72 Å². The summed E-state index contributed by atoms with van der Waals surface area (Å²) in [7, 11) is -3.75. The second kappa shape index (κ2) is 5.61. The van der Waals surface area contributed by atoms with Gasteiger partial charge in [-0.2, -0.15) is 5.26 Å². The maximum absolute atomic E-state index is 12.3. The standard InChI is InChI=1S/C13H15N3O3S/c1-10(17)16-7-6-12(9-16)15-20(18,19)13-5-3-2-4-11(13)8-14/h2-5,12,15H,6-7,9H2,1H3. The quantitative estimate of drug-likeness (QED) is 0.876. The van der Waals surface area contributed by atoms with Crippen LogP contribution in [0.5, 0.6) is 0 Å². The van der Waals surface area contributed by atoms with Crippen LogP contribution in [0, 0.1) is 11.3 Å². The summed E-state index contributed by atoms with van der Waals surface area (Å²) in [6.07, 6.45) is 0.577. The molecule has 1 aromatic rings. The highest BCUT2D eigenvalue weighted by molar-refractivity contribution is 7.89. The number of carbonyl (C=O) groups excluding carboxylic acids is 1. The molecule has 1 aromatic carbocycles. The van der Waals surface area contributed by atoms with Crippen LogP contribution in [-0.2, 0) is 14.8 Å².